The van der Waals surface area contributed by atoms with Crippen LogP contribution in [0.4, 0.5) is 4.79 Å². The van der Waals surface area contributed by atoms with Crippen molar-refractivity contribution >= 4 is 18.0 Å². The summed E-state index contributed by atoms with van der Waals surface area (Å²) in [6, 6.07) is 0. The average Bonchev–Trinajstić information content (AvgIpc) is 2.35. The largest absolute Gasteiger partial charge is 0.481 e. The Labute approximate surface area is 122 Å². The van der Waals surface area contributed by atoms with Gasteiger partial charge in [-0.05, 0) is 20.8 Å². The monoisotopic (exact) mass is 303 g/mol. The van der Waals surface area contributed by atoms with Crippen molar-refractivity contribution in [3.8, 4) is 0 Å². The van der Waals surface area contributed by atoms with Crippen molar-refractivity contribution in [2.45, 2.75) is 32.5 Å². The Bertz CT molecular complexity index is 429. The van der Waals surface area contributed by atoms with Crippen LogP contribution in [0.25, 0.3) is 0 Å². The lowest BCUT2D eigenvalue weighted by molar-refractivity contribution is -0.162. The van der Waals surface area contributed by atoms with E-state index < -0.39 is 41.6 Å². The van der Waals surface area contributed by atoms with Crippen molar-refractivity contribution in [2.24, 2.45) is 11.8 Å². The minimum absolute atomic E-state index is 0.146. The molecule has 0 radical (unpaired) electrons. The van der Waals surface area contributed by atoms with Crippen molar-refractivity contribution in [1.29, 1.82) is 0 Å². The number of amides is 1. The number of likely N-dealkylation sites (tertiary alicyclic amines) is 1. The van der Waals surface area contributed by atoms with Crippen LogP contribution >= 0.6 is 0 Å². The van der Waals surface area contributed by atoms with E-state index in [0.29, 0.717) is 0 Å². The topological polar surface area (TPSA) is 113 Å². The normalized spacial score (nSPS) is 26.1. The fraction of sp³-hybridized carbons (Fsp3) is 0.769. The Balaban J connectivity index is 2.94. The molecule has 0 saturated carbocycles. The molecule has 1 heterocycles. The SMILES string of the molecule is COC(=O)C1CN(C(=O)OC(C)(C)C)CC(C(=O)O)C1O. The summed E-state index contributed by atoms with van der Waals surface area (Å²) in [5.74, 6) is -4.43. The molecule has 3 unspecified atom stereocenters. The fourth-order valence-corrected chi connectivity index (χ4v) is 2.11. The van der Waals surface area contributed by atoms with Gasteiger partial charge >= 0.3 is 18.0 Å². The predicted molar refractivity (Wildman–Crippen MR) is 70.4 cm³/mol. The van der Waals surface area contributed by atoms with Gasteiger partial charge in [-0.25, -0.2) is 4.79 Å². The molecule has 0 aromatic heterocycles. The van der Waals surface area contributed by atoms with Gasteiger partial charge in [-0.15, -0.1) is 0 Å². The summed E-state index contributed by atoms with van der Waals surface area (Å²) in [6.45, 7) is 4.66. The second kappa shape index (κ2) is 6.30. The van der Waals surface area contributed by atoms with Crippen LogP contribution in [0.3, 0.4) is 0 Å². The first kappa shape index (κ1) is 17.2. The van der Waals surface area contributed by atoms with Crippen LogP contribution in [0.5, 0.6) is 0 Å². The quantitative estimate of drug-likeness (QED) is 0.695. The van der Waals surface area contributed by atoms with E-state index in [-0.39, 0.29) is 13.1 Å². The smallest absolute Gasteiger partial charge is 0.410 e. The third kappa shape index (κ3) is 4.32. The molecular weight excluding hydrogens is 282 g/mol. The second-order valence-corrected chi connectivity index (χ2v) is 5.95. The summed E-state index contributed by atoms with van der Waals surface area (Å²) in [6.07, 6.45) is -2.14. The van der Waals surface area contributed by atoms with Gasteiger partial charge in [-0.3, -0.25) is 9.59 Å². The first-order valence-corrected chi connectivity index (χ1v) is 6.53. The number of aliphatic carboxylic acids is 1. The Hall–Kier alpha value is -1.83. The zero-order valence-electron chi connectivity index (χ0n) is 12.5. The van der Waals surface area contributed by atoms with Gasteiger partial charge in [-0.2, -0.15) is 0 Å². The molecule has 120 valence electrons. The van der Waals surface area contributed by atoms with Crippen LogP contribution in [0.15, 0.2) is 0 Å². The van der Waals surface area contributed by atoms with E-state index in [1.165, 1.54) is 0 Å². The van der Waals surface area contributed by atoms with E-state index in [9.17, 15) is 19.5 Å². The number of aliphatic hydroxyl groups is 1. The van der Waals surface area contributed by atoms with E-state index in [4.69, 9.17) is 9.84 Å². The van der Waals surface area contributed by atoms with E-state index in [0.717, 1.165) is 12.0 Å². The molecule has 1 saturated heterocycles. The number of hydrogen-bond donors (Lipinski definition) is 2. The number of hydrogen-bond acceptors (Lipinski definition) is 6. The molecule has 1 fully saturated rings. The van der Waals surface area contributed by atoms with Crippen molar-refractivity contribution < 1.29 is 34.1 Å². The Morgan fingerprint density at radius 2 is 1.67 bits per heavy atom. The molecule has 0 bridgehead atoms. The van der Waals surface area contributed by atoms with Gasteiger partial charge in [0, 0.05) is 13.1 Å². The fourth-order valence-electron chi connectivity index (χ4n) is 2.11. The summed E-state index contributed by atoms with van der Waals surface area (Å²) in [4.78, 5) is 36.0. The maximum Gasteiger partial charge on any atom is 0.410 e. The molecule has 0 aromatic rings. The number of carboxylic acids is 1. The maximum absolute atomic E-state index is 12.0. The lowest BCUT2D eigenvalue weighted by atomic mass is 9.86. The lowest BCUT2D eigenvalue weighted by Gasteiger charge is -2.38. The van der Waals surface area contributed by atoms with Gasteiger partial charge in [0.1, 0.15) is 17.4 Å². The molecule has 0 spiro atoms. The Morgan fingerprint density at radius 1 is 1.14 bits per heavy atom. The minimum atomic E-state index is -1.41. The Morgan fingerprint density at radius 3 is 2.10 bits per heavy atom. The van der Waals surface area contributed by atoms with Gasteiger partial charge in [0.05, 0.1) is 13.2 Å². The molecule has 1 aliphatic rings. The van der Waals surface area contributed by atoms with Gasteiger partial charge in [0.15, 0.2) is 0 Å². The second-order valence-electron chi connectivity index (χ2n) is 5.95. The molecular formula is C13H21NO7. The highest BCUT2D eigenvalue weighted by Crippen LogP contribution is 2.25. The van der Waals surface area contributed by atoms with Crippen LogP contribution in [0.1, 0.15) is 20.8 Å². The summed E-state index contributed by atoms with van der Waals surface area (Å²) in [5.41, 5.74) is -0.743. The van der Waals surface area contributed by atoms with E-state index in [1.807, 2.05) is 0 Å². The molecule has 0 aliphatic carbocycles. The summed E-state index contributed by atoms with van der Waals surface area (Å²) >= 11 is 0. The van der Waals surface area contributed by atoms with Crippen LogP contribution in [0, 0.1) is 11.8 Å². The Kier molecular flexibility index (Phi) is 5.16. The van der Waals surface area contributed by atoms with E-state index >= 15 is 0 Å². The molecule has 2 N–H and O–H groups in total. The molecule has 1 aliphatic heterocycles. The van der Waals surface area contributed by atoms with Crippen molar-refractivity contribution in [3.05, 3.63) is 0 Å². The average molecular weight is 303 g/mol. The molecule has 8 heteroatoms. The third-order valence-corrected chi connectivity index (χ3v) is 3.13. The van der Waals surface area contributed by atoms with Crippen molar-refractivity contribution in [1.82, 2.24) is 4.90 Å². The predicted octanol–water partition coefficient (Wildman–Crippen LogP) is 0.0880. The van der Waals surface area contributed by atoms with Crippen LogP contribution < -0.4 is 0 Å². The number of ether oxygens (including phenoxy) is 2. The van der Waals surface area contributed by atoms with Crippen LogP contribution in [-0.2, 0) is 19.1 Å². The summed E-state index contributed by atoms with van der Waals surface area (Å²) in [5, 5.41) is 19.1. The van der Waals surface area contributed by atoms with Gasteiger partial charge < -0.3 is 24.6 Å². The van der Waals surface area contributed by atoms with Gasteiger partial charge in [-0.1, -0.05) is 0 Å². The first-order valence-electron chi connectivity index (χ1n) is 6.53. The minimum Gasteiger partial charge on any atom is -0.481 e. The number of carboxylic acid groups (broad SMARTS) is 1. The van der Waals surface area contributed by atoms with Crippen molar-refractivity contribution in [2.75, 3.05) is 20.2 Å². The summed E-state index contributed by atoms with van der Waals surface area (Å²) in [7, 11) is 1.14. The number of piperidine rings is 1. The third-order valence-electron chi connectivity index (χ3n) is 3.13. The number of nitrogens with zero attached hydrogens (tertiary/aromatic N) is 1. The highest BCUT2D eigenvalue weighted by atomic mass is 16.6. The zero-order valence-corrected chi connectivity index (χ0v) is 12.5. The van der Waals surface area contributed by atoms with Gasteiger partial charge in [0.25, 0.3) is 0 Å². The number of rotatable bonds is 2. The van der Waals surface area contributed by atoms with Crippen LogP contribution in [-0.4, -0.2) is 65.0 Å². The highest BCUT2D eigenvalue weighted by molar-refractivity contribution is 5.79. The standard InChI is InChI=1S/C13H21NO7/c1-13(2,3)21-12(19)14-5-7(10(16)17)9(15)8(6-14)11(18)20-4/h7-9,15H,5-6H2,1-4H3,(H,16,17). The first-order chi connectivity index (χ1) is 9.56. The lowest BCUT2D eigenvalue weighted by Crippen LogP contribution is -2.56. The molecule has 8 nitrogen and oxygen atoms in total. The van der Waals surface area contributed by atoms with Crippen molar-refractivity contribution in [3.63, 3.8) is 0 Å². The molecule has 1 amide bonds. The number of aliphatic hydroxyl groups excluding tert-OH is 1. The van der Waals surface area contributed by atoms with Gasteiger partial charge in [0.2, 0.25) is 0 Å². The molecule has 3 atom stereocenters. The molecule has 21 heavy (non-hydrogen) atoms. The number of methoxy groups -OCH3 is 1. The number of esters is 1. The summed E-state index contributed by atoms with van der Waals surface area (Å²) < 4.78 is 9.71. The zero-order chi connectivity index (χ0) is 16.4. The molecule has 0 aromatic carbocycles. The number of carbonyl (C=O) groups excluding carboxylic acids is 2. The van der Waals surface area contributed by atoms with E-state index in [1.54, 1.807) is 20.8 Å². The highest BCUT2D eigenvalue weighted by Gasteiger charge is 2.45. The number of carbonyl (C=O) groups is 3. The molecule has 1 rings (SSSR count). The maximum atomic E-state index is 12.0. The van der Waals surface area contributed by atoms with Crippen LogP contribution in [0.2, 0.25) is 0 Å². The van der Waals surface area contributed by atoms with E-state index in [2.05, 4.69) is 4.74 Å².